The molecule has 13 heteroatoms. The van der Waals surface area contributed by atoms with Gasteiger partial charge in [-0.05, 0) is 48.7 Å². The van der Waals surface area contributed by atoms with Crippen molar-refractivity contribution >= 4 is 25.8 Å². The Morgan fingerprint density at radius 1 is 1.10 bits per heavy atom. The van der Waals surface area contributed by atoms with Gasteiger partial charge in [0.1, 0.15) is 16.4 Å². The van der Waals surface area contributed by atoms with E-state index >= 15 is 0 Å². The minimum atomic E-state index is -5.78. The van der Waals surface area contributed by atoms with Gasteiger partial charge in [-0.2, -0.15) is 21.6 Å². The first kappa shape index (κ1) is 24.4. The van der Waals surface area contributed by atoms with Crippen molar-refractivity contribution in [2.75, 3.05) is 13.7 Å². The summed E-state index contributed by atoms with van der Waals surface area (Å²) in [6.07, 6.45) is 0.155. The van der Waals surface area contributed by atoms with Crippen LogP contribution in [0.15, 0.2) is 41.3 Å². The number of nitrogens with one attached hydrogen (secondary N) is 1. The second kappa shape index (κ2) is 9.13. The van der Waals surface area contributed by atoms with Crippen LogP contribution in [0, 0.1) is 13.5 Å². The first-order valence-electron chi connectivity index (χ1n) is 8.46. The third kappa shape index (κ3) is 5.87. The van der Waals surface area contributed by atoms with Crippen LogP contribution in [0.4, 0.5) is 18.9 Å². The summed E-state index contributed by atoms with van der Waals surface area (Å²) in [5.74, 6) is -0.455. The molecule has 0 aromatic heterocycles. The third-order valence-corrected chi connectivity index (χ3v) is 6.52. The largest absolute Gasteiger partial charge is 0.534 e. The van der Waals surface area contributed by atoms with Crippen LogP contribution < -0.4 is 13.6 Å². The van der Waals surface area contributed by atoms with Crippen molar-refractivity contribution < 1.29 is 38.9 Å². The lowest BCUT2D eigenvalue weighted by Crippen LogP contribution is -2.28. The second-order valence-electron chi connectivity index (χ2n) is 6.17. The van der Waals surface area contributed by atoms with E-state index in [-0.39, 0.29) is 29.3 Å². The zero-order valence-electron chi connectivity index (χ0n) is 16.2. The zero-order valence-corrected chi connectivity index (χ0v) is 17.9. The molecule has 1 N–H and O–H groups in total. The molecule has 0 aliphatic rings. The highest BCUT2D eigenvalue weighted by atomic mass is 32.2. The first-order chi connectivity index (χ1) is 14.3. The lowest BCUT2D eigenvalue weighted by Gasteiger charge is -2.13. The van der Waals surface area contributed by atoms with Crippen LogP contribution in [0.1, 0.15) is 11.1 Å². The number of alkyl halides is 3. The highest BCUT2D eigenvalue weighted by molar-refractivity contribution is 7.89. The molecule has 0 aliphatic carbocycles. The molecule has 8 nitrogen and oxygen atoms in total. The maximum absolute atomic E-state index is 12.6. The van der Waals surface area contributed by atoms with E-state index < -0.39 is 31.4 Å². The Morgan fingerprint density at radius 3 is 2.32 bits per heavy atom. The Hall–Kier alpha value is -2.82. The van der Waals surface area contributed by atoms with Gasteiger partial charge in [-0.15, -0.1) is 0 Å². The van der Waals surface area contributed by atoms with Crippen LogP contribution in [-0.2, 0) is 26.6 Å². The molecule has 0 saturated carbocycles. The van der Waals surface area contributed by atoms with Crippen molar-refractivity contribution in [3.8, 4) is 11.5 Å². The highest BCUT2D eigenvalue weighted by Gasteiger charge is 2.48. The van der Waals surface area contributed by atoms with Gasteiger partial charge in [0.2, 0.25) is 10.0 Å². The van der Waals surface area contributed by atoms with Gasteiger partial charge in [-0.1, -0.05) is 12.1 Å². The molecule has 0 heterocycles. The molecule has 0 radical (unpaired) electrons. The van der Waals surface area contributed by atoms with Crippen molar-refractivity contribution in [3.63, 3.8) is 0 Å². The van der Waals surface area contributed by atoms with Crippen LogP contribution in [0.2, 0.25) is 0 Å². The van der Waals surface area contributed by atoms with E-state index in [1.165, 1.54) is 38.3 Å². The number of halogens is 3. The van der Waals surface area contributed by atoms with Gasteiger partial charge in [0.25, 0.3) is 0 Å². The first-order valence-corrected chi connectivity index (χ1v) is 11.4. The van der Waals surface area contributed by atoms with Crippen molar-refractivity contribution in [1.82, 2.24) is 4.72 Å². The number of methoxy groups -OCH3 is 1. The van der Waals surface area contributed by atoms with Crippen LogP contribution in [0.3, 0.4) is 0 Å². The predicted molar refractivity (Wildman–Crippen MR) is 105 cm³/mol. The van der Waals surface area contributed by atoms with Gasteiger partial charge >= 0.3 is 15.6 Å². The molecule has 168 valence electrons. The van der Waals surface area contributed by atoms with Gasteiger partial charge in [0.05, 0.1) is 13.7 Å². The smallest absolute Gasteiger partial charge is 0.495 e. The average molecular weight is 478 g/mol. The summed E-state index contributed by atoms with van der Waals surface area (Å²) in [6, 6.07) is 7.44. The highest BCUT2D eigenvalue weighted by Crippen LogP contribution is 2.29. The fraction of sp³-hybridized carbons (Fsp3) is 0.278. The van der Waals surface area contributed by atoms with Gasteiger partial charge in [-0.3, -0.25) is 0 Å². The maximum Gasteiger partial charge on any atom is 0.534 e. The Labute approximate surface area is 177 Å². The molecule has 0 atom stereocenters. The third-order valence-electron chi connectivity index (χ3n) is 4.06. The Morgan fingerprint density at radius 2 is 1.77 bits per heavy atom. The molecular weight excluding hydrogens is 461 g/mol. The minimum absolute atomic E-state index is 0.0588. The maximum atomic E-state index is 12.6. The summed E-state index contributed by atoms with van der Waals surface area (Å²) in [5.41, 5.74) is -4.48. The number of sulfonamides is 1. The number of benzene rings is 2. The Kier molecular flexibility index (Phi) is 7.20. The van der Waals surface area contributed by atoms with E-state index in [2.05, 4.69) is 13.8 Å². The molecule has 31 heavy (non-hydrogen) atoms. The topological polar surface area (TPSA) is 103 Å². The normalized spacial score (nSPS) is 12.3. The molecular formula is C18H17F3N2O6S2. The van der Waals surface area contributed by atoms with E-state index in [1.807, 2.05) is 0 Å². The van der Waals surface area contributed by atoms with E-state index in [1.54, 1.807) is 0 Å². The molecule has 0 fully saturated rings. The van der Waals surface area contributed by atoms with Crippen molar-refractivity contribution in [2.45, 2.75) is 23.7 Å². The quantitative estimate of drug-likeness (QED) is 0.355. The van der Waals surface area contributed by atoms with Crippen LogP contribution in [-0.4, -0.2) is 36.0 Å². The number of rotatable bonds is 8. The molecule has 0 spiro atoms. The van der Waals surface area contributed by atoms with E-state index in [4.69, 9.17) is 11.3 Å². The summed E-state index contributed by atoms with van der Waals surface area (Å²) in [4.78, 5) is 2.98. The zero-order chi connectivity index (χ0) is 23.4. The molecule has 2 aromatic carbocycles. The summed E-state index contributed by atoms with van der Waals surface area (Å²) >= 11 is 0. The lowest BCUT2D eigenvalue weighted by molar-refractivity contribution is -0.0500. The molecule has 0 unspecified atom stereocenters. The number of ether oxygens (including phenoxy) is 1. The molecule has 0 amide bonds. The molecule has 0 saturated heterocycles. The lowest BCUT2D eigenvalue weighted by atomic mass is 10.1. The van der Waals surface area contributed by atoms with Gasteiger partial charge in [0, 0.05) is 6.54 Å². The van der Waals surface area contributed by atoms with Gasteiger partial charge < -0.3 is 8.92 Å². The monoisotopic (exact) mass is 478 g/mol. The average Bonchev–Trinajstić information content (AvgIpc) is 2.68. The second-order valence-corrected chi connectivity index (χ2v) is 9.44. The summed E-state index contributed by atoms with van der Waals surface area (Å²) in [5, 5.41) is 0. The van der Waals surface area contributed by atoms with Crippen molar-refractivity contribution in [2.24, 2.45) is 0 Å². The van der Waals surface area contributed by atoms with E-state index in [9.17, 15) is 30.0 Å². The van der Waals surface area contributed by atoms with Crippen LogP contribution >= 0.6 is 0 Å². The Balaban J connectivity index is 2.12. The predicted octanol–water partition coefficient (Wildman–Crippen LogP) is 3.30. The fourth-order valence-corrected chi connectivity index (χ4v) is 4.19. The summed E-state index contributed by atoms with van der Waals surface area (Å²) in [6.45, 7) is 8.45. The number of nitrogens with zero attached hydrogens (tertiary/aromatic N) is 1. The molecule has 0 aliphatic heterocycles. The standard InChI is InChI=1S/C18H17F3N2O6S2/c1-12-10-15(29-31(26,27)18(19,20)21)6-4-13(12)8-9-23-30(24,25)17-11-14(22-2)5-7-16(17)28-3/h4-7,10-11,23H,8-9H2,1,3H3. The SMILES string of the molecule is [C-]#[N+]c1ccc(OC)c(S(=O)(=O)NCCc2ccc(OS(=O)(=O)C(F)(F)F)cc2C)c1. The van der Waals surface area contributed by atoms with Crippen molar-refractivity contribution in [1.29, 1.82) is 0 Å². The Bertz CT molecular complexity index is 1220. The van der Waals surface area contributed by atoms with Crippen LogP contribution in [0.25, 0.3) is 4.85 Å². The molecule has 2 aromatic rings. The molecule has 0 bridgehead atoms. The van der Waals surface area contributed by atoms with Crippen LogP contribution in [0.5, 0.6) is 11.5 Å². The molecule has 2 rings (SSSR count). The van der Waals surface area contributed by atoms with Gasteiger partial charge in [0.15, 0.2) is 5.69 Å². The number of aryl methyl sites for hydroxylation is 1. The summed E-state index contributed by atoms with van der Waals surface area (Å²) < 4.78 is 96.0. The van der Waals surface area contributed by atoms with E-state index in [0.29, 0.717) is 11.1 Å². The fourth-order valence-electron chi connectivity index (χ4n) is 2.52. The van der Waals surface area contributed by atoms with Gasteiger partial charge in [-0.25, -0.2) is 18.0 Å². The van der Waals surface area contributed by atoms with E-state index in [0.717, 1.165) is 12.1 Å². The minimum Gasteiger partial charge on any atom is -0.495 e. The number of hydrogen-bond acceptors (Lipinski definition) is 6. The summed E-state index contributed by atoms with van der Waals surface area (Å²) in [7, 11) is -8.51. The van der Waals surface area contributed by atoms with Crippen molar-refractivity contribution in [3.05, 3.63) is 58.9 Å². The number of hydrogen-bond donors (Lipinski definition) is 1.